The van der Waals surface area contributed by atoms with Crippen molar-refractivity contribution in [3.8, 4) is 11.5 Å². The van der Waals surface area contributed by atoms with Crippen LogP contribution >= 0.6 is 23.1 Å². The fourth-order valence-corrected chi connectivity index (χ4v) is 7.86. The maximum Gasteiger partial charge on any atom is 0.339 e. The summed E-state index contributed by atoms with van der Waals surface area (Å²) in [5.41, 5.74) is 9.71. The summed E-state index contributed by atoms with van der Waals surface area (Å²) in [6.07, 6.45) is 5.34. The summed E-state index contributed by atoms with van der Waals surface area (Å²) in [7, 11) is 1.52. The molecule has 7 nitrogen and oxygen atoms in total. The molecule has 5 rings (SSSR count). The normalized spacial score (nSPS) is 18.0. The van der Waals surface area contributed by atoms with E-state index < -0.39 is 17.6 Å². The van der Waals surface area contributed by atoms with Crippen LogP contribution in [0.5, 0.6) is 11.5 Å². The van der Waals surface area contributed by atoms with E-state index in [1.165, 1.54) is 12.7 Å². The average Bonchev–Trinajstić information content (AvgIpc) is 3.56. The molecule has 9 heteroatoms. The molecule has 0 spiro atoms. The summed E-state index contributed by atoms with van der Waals surface area (Å²) in [5, 5.41) is 24.5. The number of fused-ring (bicyclic) bond motifs is 2. The minimum absolute atomic E-state index is 0.0636. The van der Waals surface area contributed by atoms with Gasteiger partial charge in [0, 0.05) is 46.7 Å². The summed E-state index contributed by atoms with van der Waals surface area (Å²) < 4.78 is 7.41. The summed E-state index contributed by atoms with van der Waals surface area (Å²) in [6, 6.07) is 15.4. The summed E-state index contributed by atoms with van der Waals surface area (Å²) in [5.74, 6) is -0.464. The second-order valence-corrected chi connectivity index (χ2v) is 11.9. The topological polar surface area (TPSA) is 101 Å². The number of benzene rings is 2. The molecular formula is C30H35N3O4S2. The number of thiophene rings is 1. The number of hydrogen-bond donors (Lipinski definition) is 3. The molecule has 3 unspecified atom stereocenters. The van der Waals surface area contributed by atoms with Gasteiger partial charge in [-0.25, -0.2) is 4.79 Å². The highest BCUT2D eigenvalue weighted by Crippen LogP contribution is 2.45. The van der Waals surface area contributed by atoms with Gasteiger partial charge in [0.1, 0.15) is 0 Å². The molecule has 0 saturated carbocycles. The third-order valence-electron chi connectivity index (χ3n) is 7.97. The Labute approximate surface area is 237 Å². The number of ether oxygens (including phenoxy) is 1. The molecule has 0 radical (unpaired) electrons. The highest BCUT2D eigenvalue weighted by Gasteiger charge is 2.52. The number of para-hydroxylation sites is 1. The first-order chi connectivity index (χ1) is 18.8. The molecule has 2 aromatic heterocycles. The number of phenolic OH excluding ortho intramolecular Hbond substituents is 1. The van der Waals surface area contributed by atoms with Crippen LogP contribution in [0.1, 0.15) is 40.5 Å². The quantitative estimate of drug-likeness (QED) is 0.235. The minimum Gasteiger partial charge on any atom is -0.504 e. The lowest BCUT2D eigenvalue weighted by Gasteiger charge is -2.48. The number of hydrogen-bond acceptors (Lipinski definition) is 7. The third kappa shape index (κ3) is 4.82. The van der Waals surface area contributed by atoms with E-state index in [9.17, 15) is 15.0 Å². The first kappa shape index (κ1) is 27.6. The van der Waals surface area contributed by atoms with E-state index in [2.05, 4.69) is 41.3 Å². The Bertz CT molecular complexity index is 1480. The molecule has 1 aliphatic heterocycles. The van der Waals surface area contributed by atoms with E-state index in [1.807, 2.05) is 29.4 Å². The van der Waals surface area contributed by atoms with Crippen molar-refractivity contribution < 1.29 is 19.7 Å². The summed E-state index contributed by atoms with van der Waals surface area (Å²) in [6.45, 7) is 3.40. The number of rotatable bonds is 10. The lowest BCUT2D eigenvalue weighted by Crippen LogP contribution is -2.67. The molecule has 0 saturated heterocycles. The average molecular weight is 566 g/mol. The van der Waals surface area contributed by atoms with Crippen LogP contribution in [-0.4, -0.2) is 57.0 Å². The largest absolute Gasteiger partial charge is 0.504 e. The third-order valence-corrected chi connectivity index (χ3v) is 9.70. The van der Waals surface area contributed by atoms with Crippen molar-refractivity contribution in [3.05, 3.63) is 81.7 Å². The maximum atomic E-state index is 13.4. The van der Waals surface area contributed by atoms with Crippen molar-refractivity contribution in [1.29, 1.82) is 0 Å². The lowest BCUT2D eigenvalue weighted by atomic mass is 9.82. The van der Waals surface area contributed by atoms with E-state index in [0.29, 0.717) is 24.5 Å². The number of nitrogens with two attached hydrogens (primary N) is 1. The van der Waals surface area contributed by atoms with Crippen molar-refractivity contribution >= 4 is 40.0 Å². The van der Waals surface area contributed by atoms with Gasteiger partial charge in [0.05, 0.1) is 13.2 Å². The van der Waals surface area contributed by atoms with Gasteiger partial charge >= 0.3 is 5.97 Å². The van der Waals surface area contributed by atoms with E-state index in [0.717, 1.165) is 39.9 Å². The number of methoxy groups -OCH3 is 1. The van der Waals surface area contributed by atoms with Crippen molar-refractivity contribution in [2.45, 2.75) is 43.9 Å². The van der Waals surface area contributed by atoms with Gasteiger partial charge in [-0.3, -0.25) is 4.90 Å². The fourth-order valence-electron chi connectivity index (χ4n) is 6.02. The number of aromatic hydroxyl groups is 1. The lowest BCUT2D eigenvalue weighted by molar-refractivity contribution is -0.155. The first-order valence-electron chi connectivity index (χ1n) is 13.1. The standard InChI is InChI=1S/C30H35N3O4S2/c1-4-32-17-22(21-7-5-6-8-24(21)32)23(18-38-3)30(31,29(35)36)33-13-11-20-12-14-39-28(20)25(33)15-19-9-10-27(37-2)26(34)16-19/h5-10,12,14,16-17,23,25,34H,4,11,13,15,18,31H2,1-3H3,(H,35,36). The number of phenols is 1. The van der Waals surface area contributed by atoms with Gasteiger partial charge in [0.2, 0.25) is 0 Å². The Kier molecular flexibility index (Phi) is 7.96. The number of thioether (sulfide) groups is 1. The van der Waals surface area contributed by atoms with Crippen LogP contribution in [0.2, 0.25) is 0 Å². The number of nitrogens with zero attached hydrogens (tertiary/aromatic N) is 2. The highest BCUT2D eigenvalue weighted by atomic mass is 32.2. The first-order valence-corrected chi connectivity index (χ1v) is 15.4. The van der Waals surface area contributed by atoms with Gasteiger partial charge in [-0.05, 0) is 72.4 Å². The number of carbonyl (C=O) groups is 1. The molecule has 3 heterocycles. The van der Waals surface area contributed by atoms with Gasteiger partial charge in [-0.2, -0.15) is 11.8 Å². The van der Waals surface area contributed by atoms with E-state index >= 15 is 0 Å². The molecule has 206 valence electrons. The van der Waals surface area contributed by atoms with Gasteiger partial charge < -0.3 is 25.3 Å². The van der Waals surface area contributed by atoms with E-state index in [1.54, 1.807) is 35.2 Å². The van der Waals surface area contributed by atoms with Crippen LogP contribution in [-0.2, 0) is 24.2 Å². The van der Waals surface area contributed by atoms with Crippen LogP contribution < -0.4 is 10.5 Å². The molecule has 4 N–H and O–H groups in total. The number of carboxylic acid groups (broad SMARTS) is 1. The number of aryl methyl sites for hydroxylation is 1. The maximum absolute atomic E-state index is 13.4. The van der Waals surface area contributed by atoms with Gasteiger partial charge in [-0.1, -0.05) is 24.3 Å². The monoisotopic (exact) mass is 565 g/mol. The minimum atomic E-state index is -1.66. The molecule has 39 heavy (non-hydrogen) atoms. The van der Waals surface area contributed by atoms with Gasteiger partial charge in [0.25, 0.3) is 0 Å². The van der Waals surface area contributed by atoms with Crippen LogP contribution in [0.25, 0.3) is 10.9 Å². The zero-order valence-electron chi connectivity index (χ0n) is 22.5. The zero-order valence-corrected chi connectivity index (χ0v) is 24.1. The van der Waals surface area contributed by atoms with Gasteiger partial charge in [-0.15, -0.1) is 11.3 Å². The van der Waals surface area contributed by atoms with Crippen LogP contribution in [0.3, 0.4) is 0 Å². The van der Waals surface area contributed by atoms with Crippen molar-refractivity contribution in [3.63, 3.8) is 0 Å². The summed E-state index contributed by atoms with van der Waals surface area (Å²) >= 11 is 3.25. The second kappa shape index (κ2) is 11.3. The van der Waals surface area contributed by atoms with Crippen molar-refractivity contribution in [2.75, 3.05) is 25.7 Å². The molecule has 0 aliphatic carbocycles. The van der Waals surface area contributed by atoms with Crippen LogP contribution in [0.15, 0.2) is 60.1 Å². The molecule has 0 fully saturated rings. The molecule has 0 bridgehead atoms. The number of aromatic nitrogens is 1. The van der Waals surface area contributed by atoms with Crippen LogP contribution in [0.4, 0.5) is 0 Å². The molecular weight excluding hydrogens is 530 g/mol. The Hall–Kier alpha value is -2.98. The Morgan fingerprint density at radius 1 is 1.28 bits per heavy atom. The van der Waals surface area contributed by atoms with E-state index in [-0.39, 0.29) is 11.8 Å². The fraction of sp³-hybridized carbons (Fsp3) is 0.367. The molecule has 3 atom stereocenters. The predicted molar refractivity (Wildman–Crippen MR) is 159 cm³/mol. The SMILES string of the molecule is CCn1cc(C(CSC)C(N)(C(=O)O)N2CCc3ccsc3C2Cc2ccc(OC)c(O)c2)c2ccccc21. The molecule has 1 aliphatic rings. The zero-order chi connectivity index (χ0) is 27.7. The Morgan fingerprint density at radius 3 is 2.77 bits per heavy atom. The summed E-state index contributed by atoms with van der Waals surface area (Å²) in [4.78, 5) is 16.5. The molecule has 4 aromatic rings. The van der Waals surface area contributed by atoms with Gasteiger partial charge in [0.15, 0.2) is 17.2 Å². The Morgan fingerprint density at radius 2 is 2.08 bits per heavy atom. The van der Waals surface area contributed by atoms with Crippen molar-refractivity contribution in [2.24, 2.45) is 5.73 Å². The smallest absolute Gasteiger partial charge is 0.339 e. The van der Waals surface area contributed by atoms with E-state index in [4.69, 9.17) is 10.5 Å². The number of aliphatic carboxylic acids is 1. The second-order valence-electron chi connectivity index (χ2n) is 10.0. The van der Waals surface area contributed by atoms with Crippen molar-refractivity contribution in [1.82, 2.24) is 9.47 Å². The number of carboxylic acids is 1. The Balaban J connectivity index is 1.64. The molecule has 0 amide bonds. The highest BCUT2D eigenvalue weighted by molar-refractivity contribution is 7.98. The molecule has 2 aromatic carbocycles. The predicted octanol–water partition coefficient (Wildman–Crippen LogP) is 5.47. The van der Waals surface area contributed by atoms with Crippen LogP contribution in [0, 0.1) is 0 Å².